The third kappa shape index (κ3) is 14.8. The molecule has 0 rings (SSSR count). The summed E-state index contributed by atoms with van der Waals surface area (Å²) >= 11 is 0. The van der Waals surface area contributed by atoms with Gasteiger partial charge in [0.15, 0.2) is 0 Å². The van der Waals surface area contributed by atoms with Crippen LogP contribution in [0, 0.1) is 17.8 Å². The zero-order valence-corrected chi connectivity index (χ0v) is 25.8. The summed E-state index contributed by atoms with van der Waals surface area (Å²) in [4.78, 5) is 77.8. The van der Waals surface area contributed by atoms with Crippen LogP contribution in [-0.2, 0) is 28.8 Å². The third-order valence-corrected chi connectivity index (χ3v) is 6.82. The summed E-state index contributed by atoms with van der Waals surface area (Å²) in [7, 11) is 0. The predicted octanol–water partition coefficient (Wildman–Crippen LogP) is 0.321. The number of nitrogens with one attached hydrogen (secondary N) is 3. The fraction of sp³-hybridized carbons (Fsp3) is 0.786. The van der Waals surface area contributed by atoms with Crippen LogP contribution in [0.15, 0.2) is 0 Å². The van der Waals surface area contributed by atoms with Crippen LogP contribution in [0.3, 0.4) is 0 Å². The summed E-state index contributed by atoms with van der Waals surface area (Å²) in [6.07, 6.45) is 0.935. The lowest BCUT2D eigenvalue weighted by molar-refractivity contribution is -0.141. The highest BCUT2D eigenvalue weighted by Crippen LogP contribution is 2.10. The zero-order valence-electron chi connectivity index (χ0n) is 25.8. The molecule has 6 N–H and O–H groups in total. The van der Waals surface area contributed by atoms with E-state index >= 15 is 0 Å². The van der Waals surface area contributed by atoms with E-state index < -0.39 is 42.2 Å². The molecule has 0 aromatic carbocycles. The van der Waals surface area contributed by atoms with Crippen LogP contribution in [0.4, 0.5) is 0 Å². The number of carbonyl (C=O) groups excluding carboxylic acids is 5. The zero-order chi connectivity index (χ0) is 31.7. The van der Waals surface area contributed by atoms with Crippen LogP contribution in [0.2, 0.25) is 0 Å². The SMILES string of the molecule is CCC(C)C(=O)N(CCN)CCN(CCNC(=O)[C@H](CC(=O)O)NC(=O)[C@H](CC(C)C)NC(C)=O)C(=O)C(C)CC. The molecule has 0 aliphatic rings. The van der Waals surface area contributed by atoms with Crippen LogP contribution in [-0.4, -0.2) is 102 Å². The van der Waals surface area contributed by atoms with Gasteiger partial charge >= 0.3 is 5.97 Å². The molecule has 0 aromatic heterocycles. The van der Waals surface area contributed by atoms with Crippen molar-refractivity contribution in [3.63, 3.8) is 0 Å². The Morgan fingerprint density at radius 3 is 1.68 bits per heavy atom. The maximum Gasteiger partial charge on any atom is 0.305 e. The van der Waals surface area contributed by atoms with Gasteiger partial charge in [-0.2, -0.15) is 0 Å². The molecule has 0 aromatic rings. The van der Waals surface area contributed by atoms with Crippen molar-refractivity contribution in [1.82, 2.24) is 25.8 Å². The van der Waals surface area contributed by atoms with Crippen LogP contribution in [0.25, 0.3) is 0 Å². The lowest BCUT2D eigenvalue weighted by Gasteiger charge is -2.31. The first kappa shape index (κ1) is 37.8. The molecule has 0 aliphatic heterocycles. The van der Waals surface area contributed by atoms with Gasteiger partial charge in [-0.3, -0.25) is 28.8 Å². The van der Waals surface area contributed by atoms with Crippen molar-refractivity contribution < 1.29 is 33.9 Å². The molecular formula is C28H52N6O7. The maximum atomic E-state index is 13.1. The number of hydrogen-bond donors (Lipinski definition) is 5. The normalized spacial score (nSPS) is 13.9. The number of nitrogens with two attached hydrogens (primary N) is 1. The summed E-state index contributed by atoms with van der Waals surface area (Å²) in [5.74, 6) is -3.65. The Kier molecular flexibility index (Phi) is 18.2. The molecule has 0 aliphatic carbocycles. The quantitative estimate of drug-likeness (QED) is 0.135. The smallest absolute Gasteiger partial charge is 0.305 e. The lowest BCUT2D eigenvalue weighted by Crippen LogP contribution is -2.55. The van der Waals surface area contributed by atoms with Gasteiger partial charge in [0.2, 0.25) is 29.5 Å². The molecule has 0 bridgehead atoms. The van der Waals surface area contributed by atoms with Crippen molar-refractivity contribution in [2.75, 3.05) is 39.3 Å². The minimum atomic E-state index is -1.38. The summed E-state index contributed by atoms with van der Waals surface area (Å²) in [6, 6.07) is -2.30. The van der Waals surface area contributed by atoms with E-state index in [1.807, 2.05) is 34.6 Å². The summed E-state index contributed by atoms with van der Waals surface area (Å²) in [5, 5.41) is 16.9. The monoisotopic (exact) mass is 584 g/mol. The van der Waals surface area contributed by atoms with Crippen molar-refractivity contribution in [2.45, 2.75) is 86.2 Å². The molecule has 13 nitrogen and oxygen atoms in total. The third-order valence-electron chi connectivity index (χ3n) is 6.82. The molecule has 41 heavy (non-hydrogen) atoms. The van der Waals surface area contributed by atoms with Gasteiger partial charge in [0, 0.05) is 58.0 Å². The first-order valence-electron chi connectivity index (χ1n) is 14.5. The number of carboxylic acid groups (broad SMARTS) is 1. The van der Waals surface area contributed by atoms with E-state index in [-0.39, 0.29) is 62.3 Å². The topological polar surface area (TPSA) is 191 Å². The number of rotatable bonds is 20. The molecule has 2 unspecified atom stereocenters. The van der Waals surface area contributed by atoms with Gasteiger partial charge in [0.25, 0.3) is 0 Å². The first-order chi connectivity index (χ1) is 19.2. The summed E-state index contributed by atoms with van der Waals surface area (Å²) in [6.45, 7) is 13.8. The van der Waals surface area contributed by atoms with Crippen LogP contribution < -0.4 is 21.7 Å². The standard InChI is InChI=1S/C28H52N6O7/c1-8-19(5)27(40)33(12-10-29)14-15-34(28(41)20(6)9-2)13-11-30-25(38)23(17-24(36)37)32-26(39)22(16-18(3)4)31-21(7)35/h18-20,22-23H,8-17,29H2,1-7H3,(H,30,38)(H,31,35)(H,32,39)(H,36,37)/t19?,20?,22-,23-/m0/s1. The Balaban J connectivity index is 5.52. The second-order valence-corrected chi connectivity index (χ2v) is 10.9. The Morgan fingerprint density at radius 1 is 0.756 bits per heavy atom. The number of hydrogen-bond acceptors (Lipinski definition) is 7. The molecule has 0 saturated carbocycles. The Morgan fingerprint density at radius 2 is 1.27 bits per heavy atom. The summed E-state index contributed by atoms with van der Waals surface area (Å²) < 4.78 is 0. The van der Waals surface area contributed by atoms with Crippen molar-refractivity contribution in [2.24, 2.45) is 23.5 Å². The highest BCUT2D eigenvalue weighted by molar-refractivity contribution is 5.93. The Hall–Kier alpha value is -3.22. The molecule has 0 radical (unpaired) electrons. The van der Waals surface area contributed by atoms with E-state index in [0.29, 0.717) is 25.8 Å². The molecular weight excluding hydrogens is 532 g/mol. The highest BCUT2D eigenvalue weighted by atomic mass is 16.4. The number of aliphatic carboxylic acids is 1. The van der Waals surface area contributed by atoms with Gasteiger partial charge < -0.3 is 36.6 Å². The molecule has 13 heteroatoms. The highest BCUT2D eigenvalue weighted by Gasteiger charge is 2.29. The van der Waals surface area contributed by atoms with E-state index in [4.69, 9.17) is 5.73 Å². The minimum absolute atomic E-state index is 0.00428. The van der Waals surface area contributed by atoms with Crippen molar-refractivity contribution in [3.05, 3.63) is 0 Å². The first-order valence-corrected chi connectivity index (χ1v) is 14.5. The Bertz CT molecular complexity index is 882. The molecule has 5 amide bonds. The van der Waals surface area contributed by atoms with E-state index in [1.54, 1.807) is 16.7 Å². The van der Waals surface area contributed by atoms with Crippen molar-refractivity contribution in [3.8, 4) is 0 Å². The van der Waals surface area contributed by atoms with Gasteiger partial charge in [-0.1, -0.05) is 41.5 Å². The fourth-order valence-electron chi connectivity index (χ4n) is 4.08. The second-order valence-electron chi connectivity index (χ2n) is 10.9. The number of carboxylic acids is 1. The maximum absolute atomic E-state index is 13.1. The van der Waals surface area contributed by atoms with Crippen molar-refractivity contribution in [1.29, 1.82) is 0 Å². The molecule has 0 spiro atoms. The van der Waals surface area contributed by atoms with Gasteiger partial charge in [0.05, 0.1) is 6.42 Å². The van der Waals surface area contributed by atoms with Gasteiger partial charge in [-0.25, -0.2) is 0 Å². The minimum Gasteiger partial charge on any atom is -0.481 e. The molecule has 0 saturated heterocycles. The van der Waals surface area contributed by atoms with E-state index in [1.165, 1.54) is 6.92 Å². The van der Waals surface area contributed by atoms with Crippen LogP contribution >= 0.6 is 0 Å². The second kappa shape index (κ2) is 19.8. The fourth-order valence-corrected chi connectivity index (χ4v) is 4.08. The number of amides is 5. The molecule has 236 valence electrons. The average molecular weight is 585 g/mol. The molecule has 0 heterocycles. The predicted molar refractivity (Wildman–Crippen MR) is 155 cm³/mol. The Labute approximate surface area is 244 Å². The van der Waals surface area contributed by atoms with E-state index in [9.17, 15) is 33.9 Å². The van der Waals surface area contributed by atoms with Crippen LogP contribution in [0.1, 0.15) is 74.1 Å². The summed E-state index contributed by atoms with van der Waals surface area (Å²) in [5.41, 5.74) is 5.71. The van der Waals surface area contributed by atoms with Gasteiger partial charge in [-0.05, 0) is 25.2 Å². The van der Waals surface area contributed by atoms with Crippen LogP contribution in [0.5, 0.6) is 0 Å². The van der Waals surface area contributed by atoms with Gasteiger partial charge in [-0.15, -0.1) is 0 Å². The largest absolute Gasteiger partial charge is 0.481 e. The average Bonchev–Trinajstić information content (AvgIpc) is 2.90. The molecule has 4 atom stereocenters. The number of carbonyl (C=O) groups is 6. The van der Waals surface area contributed by atoms with Gasteiger partial charge in [0.1, 0.15) is 12.1 Å². The van der Waals surface area contributed by atoms with Crippen molar-refractivity contribution >= 4 is 35.5 Å². The number of nitrogens with zero attached hydrogens (tertiary/aromatic N) is 2. The molecule has 0 fully saturated rings. The lowest BCUT2D eigenvalue weighted by atomic mass is 10.0. The van der Waals surface area contributed by atoms with E-state index in [2.05, 4.69) is 16.0 Å². The van der Waals surface area contributed by atoms with E-state index in [0.717, 1.165) is 0 Å².